The van der Waals surface area contributed by atoms with Crippen molar-refractivity contribution in [1.29, 1.82) is 0 Å². The maximum Gasteiger partial charge on any atom is 0.214 e. The second-order valence-electron chi connectivity index (χ2n) is 3.26. The molecule has 84 valence electrons. The van der Waals surface area contributed by atoms with Crippen molar-refractivity contribution < 1.29 is 4.74 Å². The summed E-state index contributed by atoms with van der Waals surface area (Å²) in [5.41, 5.74) is 0. The van der Waals surface area contributed by atoms with Crippen molar-refractivity contribution >= 4 is 15.9 Å². The van der Waals surface area contributed by atoms with Gasteiger partial charge in [-0.1, -0.05) is 6.07 Å². The minimum Gasteiger partial charge on any atom is -0.473 e. The van der Waals surface area contributed by atoms with E-state index in [1.807, 2.05) is 19.1 Å². The minimum absolute atomic E-state index is 0.0506. The summed E-state index contributed by atoms with van der Waals surface area (Å²) in [5, 5.41) is 10.9. The van der Waals surface area contributed by atoms with Crippen LogP contribution in [0.4, 0.5) is 0 Å². The Morgan fingerprint density at radius 3 is 3.06 bits per heavy atom. The van der Waals surface area contributed by atoms with Crippen molar-refractivity contribution in [3.8, 4) is 5.88 Å². The molecule has 0 aliphatic carbocycles. The van der Waals surface area contributed by atoms with E-state index in [4.69, 9.17) is 4.74 Å². The Morgan fingerprint density at radius 2 is 2.38 bits per heavy atom. The molecule has 6 nitrogen and oxygen atoms in total. The van der Waals surface area contributed by atoms with Gasteiger partial charge in [0.05, 0.1) is 6.54 Å². The second-order valence-corrected chi connectivity index (χ2v) is 4.07. The van der Waals surface area contributed by atoms with Gasteiger partial charge in [-0.15, -0.1) is 5.10 Å². The van der Waals surface area contributed by atoms with E-state index in [1.165, 1.54) is 0 Å². The molecular weight excluding hydrogens is 274 g/mol. The molecule has 0 saturated carbocycles. The molecule has 2 aromatic heterocycles. The summed E-state index contributed by atoms with van der Waals surface area (Å²) in [6, 6.07) is 5.52. The molecule has 1 atom stereocenters. The third kappa shape index (κ3) is 2.99. The molecular formula is C9H10BrN5O. The first-order valence-electron chi connectivity index (χ1n) is 4.74. The van der Waals surface area contributed by atoms with Crippen molar-refractivity contribution in [3.63, 3.8) is 0 Å². The number of aromatic nitrogens is 5. The highest BCUT2D eigenvalue weighted by Gasteiger charge is 2.06. The van der Waals surface area contributed by atoms with Crippen LogP contribution in [-0.4, -0.2) is 31.3 Å². The standard InChI is InChI=1S/C9H10BrN5O/c1-7(5-15-6-11-13-14-15)16-9-4-2-3-8(10)12-9/h2-4,6-7H,5H2,1H3/t7-/m0/s1. The first-order chi connectivity index (χ1) is 7.74. The van der Waals surface area contributed by atoms with Crippen LogP contribution >= 0.6 is 15.9 Å². The predicted octanol–water partition coefficient (Wildman–Crippen LogP) is 1.30. The summed E-state index contributed by atoms with van der Waals surface area (Å²) in [5.74, 6) is 0.579. The van der Waals surface area contributed by atoms with E-state index < -0.39 is 0 Å². The summed E-state index contributed by atoms with van der Waals surface area (Å²) < 4.78 is 7.97. The average Bonchev–Trinajstić information content (AvgIpc) is 2.70. The Labute approximate surface area is 101 Å². The van der Waals surface area contributed by atoms with Gasteiger partial charge in [0.2, 0.25) is 5.88 Å². The van der Waals surface area contributed by atoms with Crippen LogP contribution in [0.1, 0.15) is 6.92 Å². The molecule has 0 bridgehead atoms. The molecule has 2 heterocycles. The van der Waals surface area contributed by atoms with E-state index in [-0.39, 0.29) is 6.10 Å². The highest BCUT2D eigenvalue weighted by Crippen LogP contribution is 2.13. The molecule has 2 aromatic rings. The van der Waals surface area contributed by atoms with Gasteiger partial charge in [-0.25, -0.2) is 9.67 Å². The fourth-order valence-electron chi connectivity index (χ4n) is 1.23. The number of pyridine rings is 1. The molecule has 0 aliphatic rings. The van der Waals surface area contributed by atoms with Gasteiger partial charge in [0, 0.05) is 6.07 Å². The topological polar surface area (TPSA) is 65.7 Å². The van der Waals surface area contributed by atoms with Crippen molar-refractivity contribution in [3.05, 3.63) is 29.1 Å². The summed E-state index contributed by atoms with van der Waals surface area (Å²) in [6.45, 7) is 2.52. The first kappa shape index (κ1) is 11.0. The molecule has 0 N–H and O–H groups in total. The highest BCUT2D eigenvalue weighted by molar-refractivity contribution is 9.10. The zero-order chi connectivity index (χ0) is 11.4. The van der Waals surface area contributed by atoms with Gasteiger partial charge in [-0.05, 0) is 39.3 Å². The zero-order valence-electron chi connectivity index (χ0n) is 8.62. The van der Waals surface area contributed by atoms with Crippen LogP contribution in [0.2, 0.25) is 0 Å². The fraction of sp³-hybridized carbons (Fsp3) is 0.333. The van der Waals surface area contributed by atoms with Gasteiger partial charge in [0.1, 0.15) is 17.0 Å². The van der Waals surface area contributed by atoms with Crippen molar-refractivity contribution in [2.24, 2.45) is 0 Å². The maximum absolute atomic E-state index is 5.61. The van der Waals surface area contributed by atoms with Crippen molar-refractivity contribution in [2.45, 2.75) is 19.6 Å². The molecule has 2 rings (SSSR count). The van der Waals surface area contributed by atoms with Crippen LogP contribution in [0.15, 0.2) is 29.1 Å². The molecule has 16 heavy (non-hydrogen) atoms. The van der Waals surface area contributed by atoms with Crippen LogP contribution in [0.25, 0.3) is 0 Å². The lowest BCUT2D eigenvalue weighted by atomic mass is 10.4. The van der Waals surface area contributed by atoms with Crippen LogP contribution in [0.3, 0.4) is 0 Å². The van der Waals surface area contributed by atoms with Gasteiger partial charge >= 0.3 is 0 Å². The number of tetrazole rings is 1. The van der Waals surface area contributed by atoms with Gasteiger partial charge in [-0.2, -0.15) is 0 Å². The lowest BCUT2D eigenvalue weighted by Crippen LogP contribution is -2.20. The second kappa shape index (κ2) is 5.02. The Balaban J connectivity index is 1.94. The third-order valence-corrected chi connectivity index (χ3v) is 2.29. The molecule has 0 amide bonds. The third-order valence-electron chi connectivity index (χ3n) is 1.85. The normalized spacial score (nSPS) is 12.4. The van der Waals surface area contributed by atoms with Gasteiger partial charge < -0.3 is 4.74 Å². The molecule has 0 aliphatic heterocycles. The van der Waals surface area contributed by atoms with Crippen LogP contribution in [0, 0.1) is 0 Å². The number of ether oxygens (including phenoxy) is 1. The van der Waals surface area contributed by atoms with E-state index in [0.717, 1.165) is 4.60 Å². The number of hydrogen-bond donors (Lipinski definition) is 0. The van der Waals surface area contributed by atoms with Crippen molar-refractivity contribution in [1.82, 2.24) is 25.2 Å². The Morgan fingerprint density at radius 1 is 1.50 bits per heavy atom. The molecule has 0 aromatic carbocycles. The minimum atomic E-state index is -0.0506. The van der Waals surface area contributed by atoms with E-state index in [0.29, 0.717) is 12.4 Å². The lowest BCUT2D eigenvalue weighted by Gasteiger charge is -2.12. The maximum atomic E-state index is 5.61. The monoisotopic (exact) mass is 283 g/mol. The number of nitrogens with zero attached hydrogens (tertiary/aromatic N) is 5. The first-order valence-corrected chi connectivity index (χ1v) is 5.53. The largest absolute Gasteiger partial charge is 0.473 e. The number of hydrogen-bond acceptors (Lipinski definition) is 5. The SMILES string of the molecule is C[C@@H](Cn1cnnn1)Oc1cccc(Br)n1. The fourth-order valence-corrected chi connectivity index (χ4v) is 1.55. The highest BCUT2D eigenvalue weighted by atomic mass is 79.9. The van der Waals surface area contributed by atoms with Crippen LogP contribution < -0.4 is 4.74 Å². The zero-order valence-corrected chi connectivity index (χ0v) is 10.2. The molecule has 0 unspecified atom stereocenters. The Kier molecular flexibility index (Phi) is 3.45. The molecule has 0 radical (unpaired) electrons. The van der Waals surface area contributed by atoms with Gasteiger partial charge in [0.15, 0.2) is 0 Å². The smallest absolute Gasteiger partial charge is 0.214 e. The summed E-state index contributed by atoms with van der Waals surface area (Å²) in [4.78, 5) is 4.18. The Bertz CT molecular complexity index is 447. The van der Waals surface area contributed by atoms with E-state index in [2.05, 4.69) is 36.4 Å². The average molecular weight is 284 g/mol. The van der Waals surface area contributed by atoms with Crippen LogP contribution in [-0.2, 0) is 6.54 Å². The summed E-state index contributed by atoms with van der Waals surface area (Å²) in [7, 11) is 0. The van der Waals surface area contributed by atoms with E-state index >= 15 is 0 Å². The van der Waals surface area contributed by atoms with E-state index in [1.54, 1.807) is 17.1 Å². The predicted molar refractivity (Wildman–Crippen MR) is 59.8 cm³/mol. The molecule has 0 fully saturated rings. The molecule has 7 heteroatoms. The van der Waals surface area contributed by atoms with Gasteiger partial charge in [0.25, 0.3) is 0 Å². The molecule has 0 saturated heterocycles. The summed E-state index contributed by atoms with van der Waals surface area (Å²) in [6.07, 6.45) is 1.50. The van der Waals surface area contributed by atoms with E-state index in [9.17, 15) is 0 Å². The quantitative estimate of drug-likeness (QED) is 0.792. The lowest BCUT2D eigenvalue weighted by molar-refractivity contribution is 0.185. The summed E-state index contributed by atoms with van der Waals surface area (Å²) >= 11 is 3.28. The number of rotatable bonds is 4. The Hall–Kier alpha value is -1.50. The van der Waals surface area contributed by atoms with Crippen LogP contribution in [0.5, 0.6) is 5.88 Å². The molecule has 0 spiro atoms. The van der Waals surface area contributed by atoms with Crippen molar-refractivity contribution in [2.75, 3.05) is 0 Å². The van der Waals surface area contributed by atoms with Gasteiger partial charge in [-0.3, -0.25) is 0 Å². The number of halogens is 1.